The van der Waals surface area contributed by atoms with Crippen LogP contribution in [0.4, 0.5) is 5.69 Å². The number of rotatable bonds is 7. The standard InChI is InChI=1S/C29H31N5O2.2ClH/c1-20(2)27-13-12-23(16-31-27)34(18-21-15-32-33(17-21)19-22-7-3-4-14-30-22)29(36)26-10-5-9-25-24(26)8-6-11-28(25)35;;/h3-4,6-8,11-17,20,26,35H,5,9-10,18-19H2,1-2H3;2*1H. The zero-order valence-electron chi connectivity index (χ0n) is 21.5. The molecule has 1 amide bonds. The molecular weight excluding hydrogens is 521 g/mol. The van der Waals surface area contributed by atoms with E-state index in [4.69, 9.17) is 0 Å². The van der Waals surface area contributed by atoms with Gasteiger partial charge in [-0.05, 0) is 66.6 Å². The molecule has 7 nitrogen and oxygen atoms in total. The van der Waals surface area contributed by atoms with Crippen LogP contribution < -0.4 is 4.90 Å². The molecule has 3 aromatic heterocycles. The third-order valence-electron chi connectivity index (χ3n) is 6.80. The molecule has 1 aromatic carbocycles. The van der Waals surface area contributed by atoms with E-state index in [0.29, 0.717) is 19.0 Å². The second kappa shape index (κ2) is 12.9. The Hall–Kier alpha value is -3.42. The van der Waals surface area contributed by atoms with Crippen molar-refractivity contribution in [2.75, 3.05) is 4.90 Å². The Morgan fingerprint density at radius 3 is 2.63 bits per heavy atom. The maximum Gasteiger partial charge on any atom is 0.234 e. The Balaban J connectivity index is 0.00000200. The first-order valence-electron chi connectivity index (χ1n) is 12.5. The van der Waals surface area contributed by atoms with Crippen molar-refractivity contribution < 1.29 is 9.90 Å². The Kier molecular flexibility index (Phi) is 9.89. The van der Waals surface area contributed by atoms with Gasteiger partial charge in [0, 0.05) is 23.7 Å². The number of halogens is 2. The molecule has 9 heteroatoms. The van der Waals surface area contributed by atoms with Crippen LogP contribution in [0.25, 0.3) is 0 Å². The predicted octanol–water partition coefficient (Wildman–Crippen LogP) is 6.05. The van der Waals surface area contributed by atoms with Crippen LogP contribution in [0.3, 0.4) is 0 Å². The molecule has 1 aliphatic carbocycles. The summed E-state index contributed by atoms with van der Waals surface area (Å²) in [6.45, 7) is 5.15. The summed E-state index contributed by atoms with van der Waals surface area (Å²) >= 11 is 0. The van der Waals surface area contributed by atoms with E-state index in [1.807, 2.05) is 58.2 Å². The molecule has 0 bridgehead atoms. The van der Waals surface area contributed by atoms with E-state index in [-0.39, 0.29) is 42.4 Å². The first-order valence-corrected chi connectivity index (χ1v) is 12.5. The summed E-state index contributed by atoms with van der Waals surface area (Å²) in [6, 6.07) is 15.3. The summed E-state index contributed by atoms with van der Waals surface area (Å²) in [4.78, 5) is 24.9. The van der Waals surface area contributed by atoms with Gasteiger partial charge in [-0.25, -0.2) is 0 Å². The van der Waals surface area contributed by atoms with E-state index in [1.54, 1.807) is 24.7 Å². The van der Waals surface area contributed by atoms with Gasteiger partial charge in [-0.2, -0.15) is 5.10 Å². The molecule has 200 valence electrons. The molecule has 1 unspecified atom stereocenters. The van der Waals surface area contributed by atoms with Crippen LogP contribution in [-0.4, -0.2) is 30.8 Å². The van der Waals surface area contributed by atoms with Gasteiger partial charge in [0.15, 0.2) is 0 Å². The number of phenolic OH excluding ortho intramolecular Hbond substituents is 1. The van der Waals surface area contributed by atoms with Gasteiger partial charge in [0.05, 0.1) is 42.8 Å². The summed E-state index contributed by atoms with van der Waals surface area (Å²) in [7, 11) is 0. The molecular formula is C29H33Cl2N5O2. The maximum absolute atomic E-state index is 14.1. The Bertz CT molecular complexity index is 1340. The number of hydrogen-bond acceptors (Lipinski definition) is 5. The van der Waals surface area contributed by atoms with Crippen LogP contribution in [0.15, 0.2) is 73.3 Å². The number of phenols is 1. The summed E-state index contributed by atoms with van der Waals surface area (Å²) < 4.78 is 1.84. The first kappa shape index (κ1) is 29.1. The molecule has 5 rings (SSSR count). The van der Waals surface area contributed by atoms with Gasteiger partial charge >= 0.3 is 0 Å². The van der Waals surface area contributed by atoms with E-state index in [1.165, 1.54) is 0 Å². The largest absolute Gasteiger partial charge is 0.508 e. The van der Waals surface area contributed by atoms with Crippen LogP contribution >= 0.6 is 24.8 Å². The first-order chi connectivity index (χ1) is 17.5. The molecule has 0 aliphatic heterocycles. The number of hydrogen-bond donors (Lipinski definition) is 1. The highest BCUT2D eigenvalue weighted by molar-refractivity contribution is 5.98. The SMILES string of the molecule is CC(C)c1ccc(N(Cc2cnn(Cc3ccccn3)c2)C(=O)C2CCCc3c(O)cccc32)cn1.Cl.Cl. The lowest BCUT2D eigenvalue weighted by atomic mass is 9.81. The van der Waals surface area contributed by atoms with Crippen molar-refractivity contribution in [2.45, 2.75) is 58.0 Å². The highest BCUT2D eigenvalue weighted by Crippen LogP contribution is 2.38. The Labute approximate surface area is 235 Å². The number of aromatic hydroxyl groups is 1. The molecule has 0 spiro atoms. The summed E-state index contributed by atoms with van der Waals surface area (Å²) in [5.41, 5.74) is 5.41. The maximum atomic E-state index is 14.1. The lowest BCUT2D eigenvalue weighted by molar-refractivity contribution is -0.120. The van der Waals surface area contributed by atoms with Gasteiger partial charge < -0.3 is 10.0 Å². The van der Waals surface area contributed by atoms with E-state index < -0.39 is 0 Å². The smallest absolute Gasteiger partial charge is 0.234 e. The van der Waals surface area contributed by atoms with Crippen molar-refractivity contribution in [3.8, 4) is 5.75 Å². The number of amides is 1. The van der Waals surface area contributed by atoms with Crippen LogP contribution in [0, 0.1) is 0 Å². The summed E-state index contributed by atoms with van der Waals surface area (Å²) in [5, 5.41) is 14.9. The minimum absolute atomic E-state index is 0. The van der Waals surface area contributed by atoms with E-state index in [9.17, 15) is 9.90 Å². The van der Waals surface area contributed by atoms with Crippen LogP contribution in [-0.2, 0) is 24.3 Å². The zero-order chi connectivity index (χ0) is 25.1. The van der Waals surface area contributed by atoms with Gasteiger partial charge in [-0.3, -0.25) is 19.4 Å². The van der Waals surface area contributed by atoms with Crippen LogP contribution in [0.5, 0.6) is 5.75 Å². The van der Waals surface area contributed by atoms with E-state index in [0.717, 1.165) is 53.0 Å². The molecule has 3 heterocycles. The van der Waals surface area contributed by atoms with Gasteiger partial charge in [0.1, 0.15) is 5.75 Å². The van der Waals surface area contributed by atoms with Crippen molar-refractivity contribution in [3.05, 3.63) is 101 Å². The summed E-state index contributed by atoms with van der Waals surface area (Å²) in [6.07, 6.45) is 9.73. The molecule has 1 N–H and O–H groups in total. The van der Waals surface area contributed by atoms with Gasteiger partial charge in [0.2, 0.25) is 5.91 Å². The van der Waals surface area contributed by atoms with Crippen molar-refractivity contribution >= 4 is 36.4 Å². The van der Waals surface area contributed by atoms with Gasteiger partial charge in [0.25, 0.3) is 0 Å². The van der Waals surface area contributed by atoms with Crippen molar-refractivity contribution in [1.82, 2.24) is 19.7 Å². The molecule has 0 saturated carbocycles. The average Bonchev–Trinajstić information content (AvgIpc) is 3.34. The number of carbonyl (C=O) groups is 1. The van der Waals surface area contributed by atoms with Crippen molar-refractivity contribution in [1.29, 1.82) is 0 Å². The normalized spacial score (nSPS) is 14.2. The minimum atomic E-state index is -0.311. The fraction of sp³-hybridized carbons (Fsp3) is 0.310. The Morgan fingerprint density at radius 2 is 1.92 bits per heavy atom. The van der Waals surface area contributed by atoms with Crippen LogP contribution in [0.2, 0.25) is 0 Å². The van der Waals surface area contributed by atoms with Gasteiger partial charge in [-0.15, -0.1) is 24.8 Å². The fourth-order valence-electron chi connectivity index (χ4n) is 4.88. The third-order valence-corrected chi connectivity index (χ3v) is 6.80. The molecule has 0 fully saturated rings. The third kappa shape index (κ3) is 6.34. The topological polar surface area (TPSA) is 84.1 Å². The number of pyridine rings is 2. The number of benzene rings is 1. The molecule has 0 radical (unpaired) electrons. The average molecular weight is 555 g/mol. The quantitative estimate of drug-likeness (QED) is 0.301. The molecule has 1 atom stereocenters. The molecule has 38 heavy (non-hydrogen) atoms. The molecule has 4 aromatic rings. The van der Waals surface area contributed by atoms with Crippen molar-refractivity contribution in [2.24, 2.45) is 0 Å². The molecule has 0 saturated heterocycles. The second-order valence-electron chi connectivity index (χ2n) is 9.68. The number of fused-ring (bicyclic) bond motifs is 1. The molecule has 1 aliphatic rings. The van der Waals surface area contributed by atoms with E-state index in [2.05, 4.69) is 28.9 Å². The highest BCUT2D eigenvalue weighted by Gasteiger charge is 2.32. The highest BCUT2D eigenvalue weighted by atomic mass is 35.5. The van der Waals surface area contributed by atoms with E-state index >= 15 is 0 Å². The van der Waals surface area contributed by atoms with Gasteiger partial charge in [-0.1, -0.05) is 32.0 Å². The monoisotopic (exact) mass is 553 g/mol. The van der Waals surface area contributed by atoms with Crippen molar-refractivity contribution in [3.63, 3.8) is 0 Å². The second-order valence-corrected chi connectivity index (χ2v) is 9.68. The number of aromatic nitrogens is 4. The zero-order valence-corrected chi connectivity index (χ0v) is 23.2. The lowest BCUT2D eigenvalue weighted by Gasteiger charge is -2.31. The van der Waals surface area contributed by atoms with Crippen LogP contribution in [0.1, 0.15) is 66.6 Å². The summed E-state index contributed by atoms with van der Waals surface area (Å²) in [5.74, 6) is 0.281. The predicted molar refractivity (Wildman–Crippen MR) is 153 cm³/mol. The minimum Gasteiger partial charge on any atom is -0.508 e. The Morgan fingerprint density at radius 1 is 1.08 bits per heavy atom. The number of anilines is 1. The fourth-order valence-corrected chi connectivity index (χ4v) is 4.88. The number of nitrogens with zero attached hydrogens (tertiary/aromatic N) is 5. The number of carbonyl (C=O) groups excluding carboxylic acids is 1. The lowest BCUT2D eigenvalue weighted by Crippen LogP contribution is -2.36.